The molecule has 2 aromatic rings. The number of aromatic nitrogens is 1. The van der Waals surface area contributed by atoms with Crippen LogP contribution in [0, 0.1) is 5.41 Å². The minimum Gasteiger partial charge on any atom is -0.381 e. The van der Waals surface area contributed by atoms with Crippen molar-refractivity contribution in [1.82, 2.24) is 9.88 Å². The van der Waals surface area contributed by atoms with Gasteiger partial charge >= 0.3 is 0 Å². The molecule has 3 nitrogen and oxygen atoms in total. The second-order valence-electron chi connectivity index (χ2n) is 6.09. The third kappa shape index (κ3) is 2.80. The van der Waals surface area contributed by atoms with Crippen molar-refractivity contribution in [2.24, 2.45) is 5.41 Å². The maximum atomic E-state index is 5.53. The van der Waals surface area contributed by atoms with Crippen molar-refractivity contribution >= 4 is 27.3 Å². The molecule has 0 aliphatic carbocycles. The third-order valence-corrected chi connectivity index (χ3v) is 5.89. The first-order chi connectivity index (χ1) is 10.2. The third-order valence-electron chi connectivity index (χ3n) is 4.33. The fourth-order valence-electron chi connectivity index (χ4n) is 3.24. The van der Waals surface area contributed by atoms with Crippen molar-refractivity contribution in [2.75, 3.05) is 26.3 Å². The highest BCUT2D eigenvalue weighted by Crippen LogP contribution is 2.39. The summed E-state index contributed by atoms with van der Waals surface area (Å²) in [6, 6.07) is 8.35. The van der Waals surface area contributed by atoms with Gasteiger partial charge in [-0.3, -0.25) is 4.90 Å². The van der Waals surface area contributed by atoms with E-state index in [2.05, 4.69) is 50.1 Å². The fraction of sp³-hybridized carbons (Fsp3) is 0.438. The van der Waals surface area contributed by atoms with Crippen molar-refractivity contribution < 1.29 is 4.74 Å². The molecule has 0 N–H and O–H groups in total. The van der Waals surface area contributed by atoms with Crippen LogP contribution >= 0.6 is 27.3 Å². The first kappa shape index (κ1) is 13.9. The Morgan fingerprint density at radius 1 is 1.29 bits per heavy atom. The second kappa shape index (κ2) is 5.47. The van der Waals surface area contributed by atoms with Crippen molar-refractivity contribution in [2.45, 2.75) is 13.0 Å². The van der Waals surface area contributed by atoms with Crippen LogP contribution in [0.3, 0.4) is 0 Å². The summed E-state index contributed by atoms with van der Waals surface area (Å²) in [4.78, 5) is 8.42. The zero-order chi connectivity index (χ0) is 14.3. The second-order valence-corrected chi connectivity index (χ2v) is 8.12. The van der Waals surface area contributed by atoms with E-state index in [4.69, 9.17) is 4.74 Å². The summed E-state index contributed by atoms with van der Waals surface area (Å²) in [6.07, 6.45) is 3.26. The van der Waals surface area contributed by atoms with Crippen LogP contribution in [0.4, 0.5) is 0 Å². The fourth-order valence-corrected chi connectivity index (χ4v) is 4.46. The van der Waals surface area contributed by atoms with Crippen LogP contribution in [0.25, 0.3) is 10.6 Å². The van der Waals surface area contributed by atoms with Crippen molar-refractivity contribution in [3.05, 3.63) is 39.8 Å². The van der Waals surface area contributed by atoms with Crippen LogP contribution < -0.4 is 0 Å². The molecule has 0 unspecified atom stereocenters. The Hall–Kier alpha value is -0.750. The van der Waals surface area contributed by atoms with Gasteiger partial charge < -0.3 is 4.74 Å². The molecule has 0 bridgehead atoms. The molecule has 110 valence electrons. The summed E-state index contributed by atoms with van der Waals surface area (Å²) in [5, 5.41) is 1.11. The molecule has 0 saturated carbocycles. The summed E-state index contributed by atoms with van der Waals surface area (Å²) >= 11 is 5.27. The Morgan fingerprint density at radius 2 is 2.10 bits per heavy atom. The molecular weight excluding hydrogens is 348 g/mol. The average Bonchev–Trinajstić information content (AvgIpc) is 3.09. The van der Waals surface area contributed by atoms with Crippen LogP contribution in [0.5, 0.6) is 0 Å². The maximum absolute atomic E-state index is 5.53. The van der Waals surface area contributed by atoms with Crippen molar-refractivity contribution in [3.63, 3.8) is 0 Å². The Balaban J connectivity index is 1.40. The lowest BCUT2D eigenvalue weighted by Gasteiger charge is -2.47. The van der Waals surface area contributed by atoms with E-state index >= 15 is 0 Å². The summed E-state index contributed by atoms with van der Waals surface area (Å²) in [5.41, 5.74) is 1.66. The smallest absolute Gasteiger partial charge is 0.123 e. The van der Waals surface area contributed by atoms with Crippen molar-refractivity contribution in [3.8, 4) is 10.6 Å². The molecule has 1 aromatic carbocycles. The molecule has 2 saturated heterocycles. The van der Waals surface area contributed by atoms with Gasteiger partial charge in [0.25, 0.3) is 0 Å². The Bertz CT molecular complexity index is 626. The van der Waals surface area contributed by atoms with Crippen LogP contribution in [0.2, 0.25) is 0 Å². The van der Waals surface area contributed by atoms with Crippen LogP contribution in [-0.4, -0.2) is 36.2 Å². The van der Waals surface area contributed by atoms with Crippen LogP contribution in [-0.2, 0) is 11.3 Å². The zero-order valence-electron chi connectivity index (χ0n) is 11.7. The number of rotatable bonds is 3. The minimum atomic E-state index is 0.471. The molecular formula is C16H17BrN2OS. The molecule has 4 rings (SSSR count). The number of benzene rings is 1. The molecule has 2 aliphatic heterocycles. The van der Waals surface area contributed by atoms with E-state index in [1.807, 2.05) is 6.20 Å². The van der Waals surface area contributed by atoms with Gasteiger partial charge in [-0.1, -0.05) is 28.1 Å². The Morgan fingerprint density at radius 3 is 2.81 bits per heavy atom. The standard InChI is InChI=1S/C16H17BrN2OS/c17-13-3-1-12(2-4-13)15-18-7-14(21-15)8-19-9-16(10-19)5-6-20-11-16/h1-4,7H,5-6,8-11H2. The quantitative estimate of drug-likeness (QED) is 0.828. The highest BCUT2D eigenvalue weighted by Gasteiger charge is 2.45. The van der Waals surface area contributed by atoms with Crippen LogP contribution in [0.15, 0.2) is 34.9 Å². The molecule has 0 radical (unpaired) electrons. The predicted octanol–water partition coefficient (Wildman–Crippen LogP) is 3.79. The molecule has 1 aromatic heterocycles. The number of halogens is 1. The van der Waals surface area contributed by atoms with E-state index in [0.29, 0.717) is 5.41 Å². The summed E-state index contributed by atoms with van der Waals surface area (Å²) in [6.45, 7) is 5.28. The van der Waals surface area contributed by atoms with Gasteiger partial charge in [0.1, 0.15) is 5.01 Å². The lowest BCUT2D eigenvalue weighted by molar-refractivity contribution is -0.0117. The predicted molar refractivity (Wildman–Crippen MR) is 88.4 cm³/mol. The molecule has 2 fully saturated rings. The highest BCUT2D eigenvalue weighted by molar-refractivity contribution is 9.10. The van der Waals surface area contributed by atoms with E-state index < -0.39 is 0 Å². The zero-order valence-corrected chi connectivity index (χ0v) is 14.1. The number of nitrogens with zero attached hydrogens (tertiary/aromatic N) is 2. The first-order valence-electron chi connectivity index (χ1n) is 7.23. The lowest BCUT2D eigenvalue weighted by Crippen LogP contribution is -2.55. The largest absolute Gasteiger partial charge is 0.381 e. The normalized spacial score (nSPS) is 20.8. The Kier molecular flexibility index (Phi) is 3.61. The molecule has 5 heteroatoms. The molecule has 0 amide bonds. The van der Waals surface area contributed by atoms with E-state index in [1.165, 1.54) is 30.0 Å². The summed E-state index contributed by atoms with van der Waals surface area (Å²) in [5.74, 6) is 0. The topological polar surface area (TPSA) is 25.4 Å². The number of hydrogen-bond donors (Lipinski definition) is 0. The monoisotopic (exact) mass is 364 g/mol. The molecule has 21 heavy (non-hydrogen) atoms. The van der Waals surface area contributed by atoms with Gasteiger partial charge in [-0.05, 0) is 18.6 Å². The summed E-state index contributed by atoms with van der Waals surface area (Å²) < 4.78 is 6.64. The van der Waals surface area contributed by atoms with E-state index in [0.717, 1.165) is 29.2 Å². The molecule has 1 spiro atoms. The number of hydrogen-bond acceptors (Lipinski definition) is 4. The average molecular weight is 365 g/mol. The van der Waals surface area contributed by atoms with Gasteiger partial charge in [-0.15, -0.1) is 11.3 Å². The number of likely N-dealkylation sites (tertiary alicyclic amines) is 1. The molecule has 0 atom stereocenters. The molecule has 3 heterocycles. The SMILES string of the molecule is Brc1ccc(-c2ncc(CN3CC4(CCOC4)C3)s2)cc1. The highest BCUT2D eigenvalue weighted by atomic mass is 79.9. The first-order valence-corrected chi connectivity index (χ1v) is 8.84. The van der Waals surface area contributed by atoms with E-state index in [-0.39, 0.29) is 0 Å². The number of ether oxygens (including phenoxy) is 1. The Labute approximate surface area is 137 Å². The van der Waals surface area contributed by atoms with E-state index in [9.17, 15) is 0 Å². The lowest BCUT2D eigenvalue weighted by atomic mass is 9.79. The van der Waals surface area contributed by atoms with Gasteiger partial charge in [-0.2, -0.15) is 0 Å². The van der Waals surface area contributed by atoms with Gasteiger partial charge in [0.05, 0.1) is 6.61 Å². The maximum Gasteiger partial charge on any atom is 0.123 e. The van der Waals surface area contributed by atoms with Gasteiger partial charge in [0.2, 0.25) is 0 Å². The van der Waals surface area contributed by atoms with Crippen LogP contribution in [0.1, 0.15) is 11.3 Å². The number of thiazole rings is 1. The van der Waals surface area contributed by atoms with Crippen molar-refractivity contribution in [1.29, 1.82) is 0 Å². The van der Waals surface area contributed by atoms with Gasteiger partial charge in [-0.25, -0.2) is 4.98 Å². The van der Waals surface area contributed by atoms with E-state index in [1.54, 1.807) is 11.3 Å². The minimum absolute atomic E-state index is 0.471. The summed E-state index contributed by atoms with van der Waals surface area (Å²) in [7, 11) is 0. The van der Waals surface area contributed by atoms with Gasteiger partial charge in [0, 0.05) is 52.8 Å². The molecule has 2 aliphatic rings. The van der Waals surface area contributed by atoms with Gasteiger partial charge in [0.15, 0.2) is 0 Å².